The number of alkyl halides is 2. The number of fused-ring (bicyclic) bond motifs is 1. The predicted octanol–water partition coefficient (Wildman–Crippen LogP) is 2.52. The summed E-state index contributed by atoms with van der Waals surface area (Å²) in [5, 5.41) is 2.88. The van der Waals surface area contributed by atoms with Gasteiger partial charge in [-0.2, -0.15) is 0 Å². The molecule has 1 N–H and O–H groups in total. The van der Waals surface area contributed by atoms with Gasteiger partial charge in [0, 0.05) is 16.9 Å². The van der Waals surface area contributed by atoms with Gasteiger partial charge in [0.15, 0.2) is 0 Å². The molecule has 0 aromatic rings. The first-order valence-corrected chi connectivity index (χ1v) is 4.97. The average Bonchev–Trinajstić information content (AvgIpc) is 2.47. The van der Waals surface area contributed by atoms with Crippen molar-refractivity contribution in [3.8, 4) is 0 Å². The van der Waals surface area contributed by atoms with Gasteiger partial charge in [-0.1, -0.05) is 15.9 Å². The van der Waals surface area contributed by atoms with Gasteiger partial charge in [-0.3, -0.25) is 0 Å². The Kier molecular flexibility index (Phi) is 2.34. The molecule has 1 atom stereocenters. The second kappa shape index (κ2) is 3.38. The van der Waals surface area contributed by atoms with Gasteiger partial charge in [0.2, 0.25) is 0 Å². The molecule has 2 aliphatic heterocycles. The lowest BCUT2D eigenvalue weighted by atomic mass is 10.2. The van der Waals surface area contributed by atoms with Gasteiger partial charge in [0.05, 0.1) is 0 Å². The van der Waals surface area contributed by atoms with Crippen molar-refractivity contribution in [2.75, 3.05) is 0 Å². The molecule has 0 amide bonds. The van der Waals surface area contributed by atoms with Crippen LogP contribution in [0.3, 0.4) is 0 Å². The molecule has 0 aromatic heterocycles. The summed E-state index contributed by atoms with van der Waals surface area (Å²) in [6.45, 7) is 1.87. The Balaban J connectivity index is 2.30. The monoisotopic (exact) mass is 262 g/mol. The number of nitrogens with zero attached hydrogens (tertiary/aromatic N) is 1. The zero-order chi connectivity index (χ0) is 10.3. The lowest BCUT2D eigenvalue weighted by molar-refractivity contribution is 0.153. The molecule has 0 aromatic carbocycles. The number of hydrogen-bond acceptors (Lipinski definition) is 2. The molecule has 2 aliphatic rings. The summed E-state index contributed by atoms with van der Waals surface area (Å²) in [5.41, 5.74) is 0.961. The minimum absolute atomic E-state index is 0.0133. The minimum Gasteiger partial charge on any atom is -0.365 e. The first-order valence-electron chi connectivity index (χ1n) is 4.17. The summed E-state index contributed by atoms with van der Waals surface area (Å²) in [7, 11) is 0. The van der Waals surface area contributed by atoms with Crippen LogP contribution in [-0.2, 0) is 0 Å². The molecule has 0 spiro atoms. The van der Waals surface area contributed by atoms with Gasteiger partial charge in [0.1, 0.15) is 11.9 Å². The lowest BCUT2D eigenvalue weighted by Gasteiger charge is -2.29. The molecule has 0 aliphatic carbocycles. The Bertz CT molecular complexity index is 347. The largest absolute Gasteiger partial charge is 0.365 e. The second-order valence-corrected chi connectivity index (χ2v) is 4.16. The van der Waals surface area contributed by atoms with Crippen molar-refractivity contribution in [1.82, 2.24) is 10.2 Å². The van der Waals surface area contributed by atoms with Crippen LogP contribution >= 0.6 is 15.9 Å². The predicted molar refractivity (Wildman–Crippen MR) is 53.6 cm³/mol. The Hall–Kier alpha value is -0.840. The van der Waals surface area contributed by atoms with Crippen LogP contribution in [0, 0.1) is 0 Å². The first-order chi connectivity index (χ1) is 6.59. The van der Waals surface area contributed by atoms with Crippen molar-refractivity contribution in [1.29, 1.82) is 0 Å². The highest BCUT2D eigenvalue weighted by atomic mass is 79.9. The molecule has 2 rings (SSSR count). The zero-order valence-electron chi connectivity index (χ0n) is 7.47. The molecule has 2 heterocycles. The highest BCUT2D eigenvalue weighted by molar-refractivity contribution is 9.11. The van der Waals surface area contributed by atoms with Crippen LogP contribution < -0.4 is 5.32 Å². The number of halogens is 3. The van der Waals surface area contributed by atoms with E-state index in [2.05, 4.69) is 21.2 Å². The van der Waals surface area contributed by atoms with E-state index in [1.54, 1.807) is 11.1 Å². The van der Waals surface area contributed by atoms with E-state index in [1.165, 1.54) is 6.20 Å². The van der Waals surface area contributed by atoms with Crippen molar-refractivity contribution in [2.45, 2.75) is 19.5 Å². The van der Waals surface area contributed by atoms with Crippen LogP contribution in [0.4, 0.5) is 8.78 Å². The normalized spacial score (nSPS) is 25.4. The Labute approximate surface area is 89.1 Å². The van der Waals surface area contributed by atoms with Gasteiger partial charge in [-0.15, -0.1) is 0 Å². The maximum Gasteiger partial charge on any atom is 0.279 e. The first kappa shape index (κ1) is 9.71. The highest BCUT2D eigenvalue weighted by Gasteiger charge is 2.32. The SMILES string of the molecule is CC1=CN2C(C(F)F)=CN[C@H]2C(Br)=C1. The zero-order valence-corrected chi connectivity index (χ0v) is 9.05. The number of allylic oxidation sites excluding steroid dienone is 3. The Morgan fingerprint density at radius 3 is 2.93 bits per heavy atom. The van der Waals surface area contributed by atoms with E-state index >= 15 is 0 Å². The van der Waals surface area contributed by atoms with E-state index in [-0.39, 0.29) is 11.9 Å². The van der Waals surface area contributed by atoms with Crippen LogP contribution in [0.1, 0.15) is 6.92 Å². The number of rotatable bonds is 1. The third-order valence-electron chi connectivity index (χ3n) is 2.16. The molecular weight excluding hydrogens is 254 g/mol. The van der Waals surface area contributed by atoms with Gasteiger partial charge < -0.3 is 10.2 Å². The van der Waals surface area contributed by atoms with Crippen LogP contribution in [0.2, 0.25) is 0 Å². The summed E-state index contributed by atoms with van der Waals surface area (Å²) >= 11 is 3.35. The van der Waals surface area contributed by atoms with E-state index in [4.69, 9.17) is 0 Å². The molecule has 14 heavy (non-hydrogen) atoms. The van der Waals surface area contributed by atoms with Crippen molar-refractivity contribution in [3.05, 3.63) is 34.2 Å². The molecule has 0 saturated heterocycles. The van der Waals surface area contributed by atoms with Crippen LogP contribution in [0.25, 0.3) is 0 Å². The van der Waals surface area contributed by atoms with Gasteiger partial charge in [-0.25, -0.2) is 8.78 Å². The number of hydrogen-bond donors (Lipinski definition) is 1. The third-order valence-corrected chi connectivity index (χ3v) is 2.82. The van der Waals surface area contributed by atoms with Crippen molar-refractivity contribution >= 4 is 15.9 Å². The van der Waals surface area contributed by atoms with E-state index in [1.807, 2.05) is 13.0 Å². The van der Waals surface area contributed by atoms with Crippen LogP contribution in [-0.4, -0.2) is 17.5 Å². The standard InChI is InChI=1S/C9H9BrF2N2/c1-5-2-6(10)9-13-3-7(8(11)12)14(9)4-5/h2-4,8-9,13H,1H3/t9-/m1/s1. The second-order valence-electron chi connectivity index (χ2n) is 3.25. The summed E-state index contributed by atoms with van der Waals surface area (Å²) in [6.07, 6.45) is 2.33. The van der Waals surface area contributed by atoms with Gasteiger partial charge in [-0.05, 0) is 18.6 Å². The molecule has 2 nitrogen and oxygen atoms in total. The van der Waals surface area contributed by atoms with Crippen molar-refractivity contribution < 1.29 is 8.78 Å². The molecule has 5 heteroatoms. The lowest BCUT2D eigenvalue weighted by Crippen LogP contribution is -2.36. The Morgan fingerprint density at radius 2 is 2.29 bits per heavy atom. The van der Waals surface area contributed by atoms with Crippen molar-refractivity contribution in [3.63, 3.8) is 0 Å². The van der Waals surface area contributed by atoms with E-state index in [9.17, 15) is 8.78 Å². The van der Waals surface area contributed by atoms with E-state index in [0.29, 0.717) is 0 Å². The number of nitrogens with one attached hydrogen (secondary N) is 1. The highest BCUT2D eigenvalue weighted by Crippen LogP contribution is 2.31. The fraction of sp³-hybridized carbons (Fsp3) is 0.333. The van der Waals surface area contributed by atoms with Crippen molar-refractivity contribution in [2.24, 2.45) is 0 Å². The summed E-state index contributed by atoms with van der Waals surface area (Å²) < 4.78 is 26.0. The van der Waals surface area contributed by atoms with Gasteiger partial charge >= 0.3 is 0 Å². The smallest absolute Gasteiger partial charge is 0.279 e. The molecule has 0 radical (unpaired) electrons. The molecule has 0 saturated carbocycles. The maximum absolute atomic E-state index is 12.6. The molecule has 0 unspecified atom stereocenters. The molecule has 0 fully saturated rings. The summed E-state index contributed by atoms with van der Waals surface area (Å²) in [5.74, 6) is 0. The molecule has 76 valence electrons. The maximum atomic E-state index is 12.6. The third kappa shape index (κ3) is 1.45. The average molecular weight is 263 g/mol. The molecular formula is C9H9BrF2N2. The van der Waals surface area contributed by atoms with Crippen LogP contribution in [0.5, 0.6) is 0 Å². The van der Waals surface area contributed by atoms with E-state index in [0.717, 1.165) is 10.1 Å². The summed E-state index contributed by atoms with van der Waals surface area (Å²) in [6, 6.07) is 0. The minimum atomic E-state index is -2.45. The molecule has 0 bridgehead atoms. The van der Waals surface area contributed by atoms with Gasteiger partial charge in [0.25, 0.3) is 6.43 Å². The fourth-order valence-electron chi connectivity index (χ4n) is 1.56. The van der Waals surface area contributed by atoms with E-state index < -0.39 is 6.43 Å². The summed E-state index contributed by atoms with van der Waals surface area (Å²) in [4.78, 5) is 1.55. The quantitative estimate of drug-likeness (QED) is 0.782. The topological polar surface area (TPSA) is 15.3 Å². The fourth-order valence-corrected chi connectivity index (χ4v) is 2.27. The Morgan fingerprint density at radius 1 is 1.57 bits per heavy atom. The van der Waals surface area contributed by atoms with Crippen LogP contribution in [0.15, 0.2) is 34.2 Å².